The van der Waals surface area contributed by atoms with E-state index in [1.54, 1.807) is 14.2 Å². The lowest BCUT2D eigenvalue weighted by Crippen LogP contribution is -2.48. The summed E-state index contributed by atoms with van der Waals surface area (Å²) in [6.45, 7) is 7.79. The average molecular weight is 423 g/mol. The number of rotatable bonds is 7. The molecule has 0 aliphatic carbocycles. The number of para-hydroxylation sites is 2. The Labute approximate surface area is 183 Å². The van der Waals surface area contributed by atoms with Crippen molar-refractivity contribution >= 4 is 5.69 Å². The summed E-state index contributed by atoms with van der Waals surface area (Å²) < 4.78 is 13.3. The lowest BCUT2D eigenvalue weighted by molar-refractivity contribution is 0.195. The summed E-state index contributed by atoms with van der Waals surface area (Å²) >= 11 is 0. The van der Waals surface area contributed by atoms with E-state index in [-0.39, 0.29) is 12.1 Å². The largest absolute Gasteiger partial charge is 0.493 e. The maximum Gasteiger partial charge on any atom is 0.173 e. The Hall–Kier alpha value is -3.13. The number of tetrazole rings is 1. The van der Waals surface area contributed by atoms with Crippen LogP contribution in [0.2, 0.25) is 0 Å². The zero-order valence-electron chi connectivity index (χ0n) is 18.6. The molecule has 8 nitrogen and oxygen atoms in total. The highest BCUT2D eigenvalue weighted by Gasteiger charge is 2.34. The normalized spacial score (nSPS) is 15.8. The molecule has 4 rings (SSSR count). The van der Waals surface area contributed by atoms with Gasteiger partial charge in [-0.3, -0.25) is 4.90 Å². The van der Waals surface area contributed by atoms with Gasteiger partial charge in [-0.25, -0.2) is 4.68 Å². The van der Waals surface area contributed by atoms with Crippen molar-refractivity contribution in [2.24, 2.45) is 0 Å². The summed E-state index contributed by atoms with van der Waals surface area (Å²) in [6.07, 6.45) is 0. The molecule has 1 fully saturated rings. The molecule has 3 aromatic rings. The number of aromatic nitrogens is 4. The molecule has 2 heterocycles. The first-order chi connectivity index (χ1) is 15.1. The van der Waals surface area contributed by atoms with Gasteiger partial charge in [0.15, 0.2) is 17.3 Å². The van der Waals surface area contributed by atoms with Gasteiger partial charge in [-0.2, -0.15) is 0 Å². The summed E-state index contributed by atoms with van der Waals surface area (Å²) in [5.41, 5.74) is 2.26. The van der Waals surface area contributed by atoms with Crippen LogP contribution in [0.1, 0.15) is 37.3 Å². The summed E-state index contributed by atoms with van der Waals surface area (Å²) in [7, 11) is 3.34. The number of hydrogen-bond donors (Lipinski definition) is 0. The van der Waals surface area contributed by atoms with Crippen molar-refractivity contribution in [2.75, 3.05) is 45.3 Å². The minimum Gasteiger partial charge on any atom is -0.493 e. The number of benzene rings is 2. The van der Waals surface area contributed by atoms with Gasteiger partial charge < -0.3 is 14.4 Å². The third-order valence-corrected chi connectivity index (χ3v) is 5.78. The van der Waals surface area contributed by atoms with Crippen LogP contribution in [-0.4, -0.2) is 65.5 Å². The van der Waals surface area contributed by atoms with Crippen molar-refractivity contribution in [3.8, 4) is 11.5 Å². The van der Waals surface area contributed by atoms with E-state index in [0.717, 1.165) is 43.3 Å². The van der Waals surface area contributed by atoms with Crippen molar-refractivity contribution in [2.45, 2.75) is 25.9 Å². The molecule has 0 spiro atoms. The number of hydrogen-bond acceptors (Lipinski definition) is 7. The van der Waals surface area contributed by atoms with Gasteiger partial charge in [0.25, 0.3) is 0 Å². The highest BCUT2D eigenvalue weighted by molar-refractivity contribution is 5.50. The summed E-state index contributed by atoms with van der Waals surface area (Å²) in [5, 5.41) is 12.7. The molecule has 0 amide bonds. The van der Waals surface area contributed by atoms with Gasteiger partial charge in [0, 0.05) is 37.4 Å². The second kappa shape index (κ2) is 9.34. The Morgan fingerprint density at radius 2 is 1.61 bits per heavy atom. The number of anilines is 1. The van der Waals surface area contributed by atoms with Crippen molar-refractivity contribution < 1.29 is 9.47 Å². The van der Waals surface area contributed by atoms with Gasteiger partial charge in [0.2, 0.25) is 0 Å². The van der Waals surface area contributed by atoms with Crippen LogP contribution in [0.5, 0.6) is 11.5 Å². The van der Waals surface area contributed by atoms with Crippen molar-refractivity contribution in [3.63, 3.8) is 0 Å². The van der Waals surface area contributed by atoms with Crippen LogP contribution in [0.3, 0.4) is 0 Å². The van der Waals surface area contributed by atoms with Crippen molar-refractivity contribution in [1.82, 2.24) is 25.1 Å². The van der Waals surface area contributed by atoms with Crippen LogP contribution >= 0.6 is 0 Å². The number of nitrogens with zero attached hydrogens (tertiary/aromatic N) is 6. The third-order valence-electron chi connectivity index (χ3n) is 5.78. The molecule has 164 valence electrons. The molecular formula is C23H30N6O2. The highest BCUT2D eigenvalue weighted by atomic mass is 16.5. The number of ether oxygens (including phenoxy) is 2. The highest BCUT2D eigenvalue weighted by Crippen LogP contribution is 2.40. The van der Waals surface area contributed by atoms with E-state index < -0.39 is 0 Å². The summed E-state index contributed by atoms with van der Waals surface area (Å²) in [6, 6.07) is 16.5. The second-order valence-electron chi connectivity index (χ2n) is 7.92. The molecule has 1 saturated heterocycles. The minimum absolute atomic E-state index is 0.139. The van der Waals surface area contributed by atoms with E-state index in [1.165, 1.54) is 5.69 Å². The van der Waals surface area contributed by atoms with Crippen molar-refractivity contribution in [3.05, 3.63) is 59.9 Å². The molecule has 1 unspecified atom stereocenters. The smallest absolute Gasteiger partial charge is 0.173 e. The van der Waals surface area contributed by atoms with Crippen LogP contribution in [0.4, 0.5) is 5.69 Å². The van der Waals surface area contributed by atoms with Crippen LogP contribution in [0.15, 0.2) is 48.5 Å². The lowest BCUT2D eigenvalue weighted by Gasteiger charge is -2.40. The molecule has 1 aromatic heterocycles. The fraction of sp³-hybridized carbons (Fsp3) is 0.435. The second-order valence-corrected chi connectivity index (χ2v) is 7.92. The summed E-state index contributed by atoms with van der Waals surface area (Å²) in [5.74, 6) is 2.24. The average Bonchev–Trinajstić information content (AvgIpc) is 3.30. The zero-order chi connectivity index (χ0) is 21.8. The molecule has 0 N–H and O–H groups in total. The van der Waals surface area contributed by atoms with E-state index >= 15 is 0 Å². The molecule has 1 atom stereocenters. The molecule has 2 aromatic carbocycles. The molecule has 1 aliphatic heterocycles. The molecule has 1 aliphatic rings. The van der Waals surface area contributed by atoms with E-state index in [1.807, 2.05) is 16.8 Å². The fourth-order valence-corrected chi connectivity index (χ4v) is 4.25. The van der Waals surface area contributed by atoms with E-state index in [9.17, 15) is 0 Å². The predicted octanol–water partition coefficient (Wildman–Crippen LogP) is 3.18. The van der Waals surface area contributed by atoms with Gasteiger partial charge in [0.05, 0.1) is 20.3 Å². The Morgan fingerprint density at radius 3 is 2.26 bits per heavy atom. The molecule has 0 saturated carbocycles. The maximum absolute atomic E-state index is 5.79. The van der Waals surface area contributed by atoms with Crippen LogP contribution in [-0.2, 0) is 0 Å². The molecule has 8 heteroatoms. The van der Waals surface area contributed by atoms with Crippen LogP contribution < -0.4 is 14.4 Å². The quantitative estimate of drug-likeness (QED) is 0.579. The van der Waals surface area contributed by atoms with Crippen molar-refractivity contribution in [1.29, 1.82) is 0 Å². The number of piperazine rings is 1. The first-order valence-electron chi connectivity index (χ1n) is 10.7. The lowest BCUT2D eigenvalue weighted by atomic mass is 10.0. The standard InChI is InChI=1S/C23H30N6O2/c1-17(2)29-23(24-25-26-29)21(19-11-8-12-20(30-3)22(19)31-4)28-15-13-27(14-16-28)18-9-6-5-7-10-18/h5-12,17,21H,13-16H2,1-4H3. The Bertz CT molecular complexity index is 983. The maximum atomic E-state index is 5.79. The number of methoxy groups -OCH3 is 2. The Morgan fingerprint density at radius 1 is 0.871 bits per heavy atom. The summed E-state index contributed by atoms with van der Waals surface area (Å²) in [4.78, 5) is 4.85. The van der Waals surface area contributed by atoms with Gasteiger partial charge >= 0.3 is 0 Å². The SMILES string of the molecule is COc1cccc(C(c2nnnn2C(C)C)N2CCN(c3ccccc3)CC2)c1OC. The van der Waals surface area contributed by atoms with E-state index in [2.05, 4.69) is 75.6 Å². The van der Waals surface area contributed by atoms with E-state index in [4.69, 9.17) is 9.47 Å². The Balaban J connectivity index is 1.70. The van der Waals surface area contributed by atoms with Crippen LogP contribution in [0.25, 0.3) is 0 Å². The zero-order valence-corrected chi connectivity index (χ0v) is 18.6. The van der Waals surface area contributed by atoms with Gasteiger partial charge in [0.1, 0.15) is 6.04 Å². The third kappa shape index (κ3) is 4.20. The van der Waals surface area contributed by atoms with Gasteiger partial charge in [-0.15, -0.1) is 5.10 Å². The van der Waals surface area contributed by atoms with Gasteiger partial charge in [-0.1, -0.05) is 30.3 Å². The van der Waals surface area contributed by atoms with Crippen LogP contribution in [0, 0.1) is 0 Å². The Kier molecular flexibility index (Phi) is 6.36. The fourth-order valence-electron chi connectivity index (χ4n) is 4.25. The van der Waals surface area contributed by atoms with Gasteiger partial charge in [-0.05, 0) is 42.5 Å². The predicted molar refractivity (Wildman–Crippen MR) is 120 cm³/mol. The minimum atomic E-state index is -0.139. The van der Waals surface area contributed by atoms with E-state index in [0.29, 0.717) is 5.75 Å². The molecule has 0 radical (unpaired) electrons. The molecule has 0 bridgehead atoms. The first-order valence-corrected chi connectivity index (χ1v) is 10.7. The molecular weight excluding hydrogens is 392 g/mol. The first kappa shape index (κ1) is 21.1. The monoisotopic (exact) mass is 422 g/mol. The topological polar surface area (TPSA) is 68.5 Å². The molecule has 31 heavy (non-hydrogen) atoms.